The van der Waals surface area contributed by atoms with Crippen LogP contribution in [0.2, 0.25) is 0 Å². The van der Waals surface area contributed by atoms with Crippen LogP contribution in [0, 0.1) is 5.92 Å². The Balaban J connectivity index is 1.40. The fourth-order valence-corrected chi connectivity index (χ4v) is 5.30. The van der Waals surface area contributed by atoms with E-state index in [1.54, 1.807) is 0 Å². The van der Waals surface area contributed by atoms with E-state index in [0.29, 0.717) is 11.2 Å². The summed E-state index contributed by atoms with van der Waals surface area (Å²) in [6, 6.07) is 8.38. The maximum absolute atomic E-state index is 12.7. The van der Waals surface area contributed by atoms with Crippen molar-refractivity contribution in [3.05, 3.63) is 29.8 Å². The summed E-state index contributed by atoms with van der Waals surface area (Å²) in [7, 11) is 0. The Kier molecular flexibility index (Phi) is 8.49. The van der Waals surface area contributed by atoms with Crippen molar-refractivity contribution in [1.29, 1.82) is 0 Å². The number of urea groups is 1. The molecule has 1 aliphatic carbocycles. The highest BCUT2D eigenvalue weighted by molar-refractivity contribution is 7.99. The molecular weight excluding hydrogens is 394 g/mol. The van der Waals surface area contributed by atoms with E-state index in [1.807, 2.05) is 23.6 Å². The third-order valence-electron chi connectivity index (χ3n) is 6.20. The number of nitrogens with one attached hydrogen (secondary N) is 2. The third-order valence-corrected chi connectivity index (χ3v) is 7.21. The molecule has 1 heterocycles. The molecule has 1 saturated carbocycles. The van der Waals surface area contributed by atoms with Crippen LogP contribution in [0.3, 0.4) is 0 Å². The number of likely N-dealkylation sites (tertiary alicyclic amines) is 1. The number of rotatable bonds is 6. The number of benzene rings is 1. The van der Waals surface area contributed by atoms with Crippen molar-refractivity contribution < 1.29 is 9.59 Å². The summed E-state index contributed by atoms with van der Waals surface area (Å²) in [6.07, 6.45) is 7.41. The number of carbonyl (C=O) groups is 2. The SMILES string of the molecule is CC(C)Sc1ccc(C(C)NC(=O)NC2CCN(C(=O)C3CCCCC3)CC2)cc1. The lowest BCUT2D eigenvalue weighted by Crippen LogP contribution is -2.50. The number of carbonyl (C=O) groups excluding carboxylic acids is 2. The van der Waals surface area contributed by atoms with Crippen LogP contribution in [-0.2, 0) is 4.79 Å². The summed E-state index contributed by atoms with van der Waals surface area (Å²) < 4.78 is 0. The second kappa shape index (κ2) is 11.1. The van der Waals surface area contributed by atoms with Gasteiger partial charge in [0.1, 0.15) is 0 Å². The van der Waals surface area contributed by atoms with Gasteiger partial charge >= 0.3 is 6.03 Å². The van der Waals surface area contributed by atoms with E-state index >= 15 is 0 Å². The second-order valence-electron chi connectivity index (χ2n) is 9.01. The van der Waals surface area contributed by atoms with E-state index in [-0.39, 0.29) is 24.0 Å². The molecule has 3 rings (SSSR count). The quantitative estimate of drug-likeness (QED) is 0.615. The molecule has 0 aromatic heterocycles. The molecule has 6 heteroatoms. The number of hydrogen-bond acceptors (Lipinski definition) is 3. The van der Waals surface area contributed by atoms with Gasteiger partial charge in [-0.15, -0.1) is 11.8 Å². The van der Waals surface area contributed by atoms with Gasteiger partial charge in [0.2, 0.25) is 5.91 Å². The minimum atomic E-state index is -0.125. The van der Waals surface area contributed by atoms with Gasteiger partial charge in [0.15, 0.2) is 0 Å². The van der Waals surface area contributed by atoms with Gasteiger partial charge in [0.05, 0.1) is 6.04 Å². The van der Waals surface area contributed by atoms with Crippen molar-refractivity contribution in [2.45, 2.75) is 87.9 Å². The first kappa shape index (κ1) is 23.0. The van der Waals surface area contributed by atoms with Gasteiger partial charge in [0, 0.05) is 35.2 Å². The summed E-state index contributed by atoms with van der Waals surface area (Å²) in [5.41, 5.74) is 1.10. The summed E-state index contributed by atoms with van der Waals surface area (Å²) in [4.78, 5) is 28.4. The zero-order valence-electron chi connectivity index (χ0n) is 18.7. The molecule has 0 bridgehead atoms. The highest BCUT2D eigenvalue weighted by Crippen LogP contribution is 2.27. The monoisotopic (exact) mass is 431 g/mol. The molecule has 0 spiro atoms. The van der Waals surface area contributed by atoms with E-state index in [9.17, 15) is 9.59 Å². The topological polar surface area (TPSA) is 61.4 Å². The fourth-order valence-electron chi connectivity index (χ4n) is 4.47. The number of thioether (sulfide) groups is 1. The van der Waals surface area contributed by atoms with Crippen molar-refractivity contribution in [1.82, 2.24) is 15.5 Å². The second-order valence-corrected chi connectivity index (χ2v) is 10.7. The smallest absolute Gasteiger partial charge is 0.315 e. The lowest BCUT2D eigenvalue weighted by molar-refractivity contribution is -0.137. The molecule has 1 saturated heterocycles. The van der Waals surface area contributed by atoms with E-state index in [4.69, 9.17) is 0 Å². The average molecular weight is 432 g/mol. The van der Waals surface area contributed by atoms with Gasteiger partial charge in [0.25, 0.3) is 0 Å². The highest BCUT2D eigenvalue weighted by Gasteiger charge is 2.29. The largest absolute Gasteiger partial charge is 0.342 e. The van der Waals surface area contributed by atoms with Crippen LogP contribution >= 0.6 is 11.8 Å². The standard InChI is InChI=1S/C24H37N3O2S/c1-17(2)30-22-11-9-19(10-12-22)18(3)25-24(29)26-21-13-15-27(16-14-21)23(28)20-7-5-4-6-8-20/h9-12,17-18,20-21H,4-8,13-16H2,1-3H3,(H2,25,26,29). The molecule has 1 atom stereocenters. The Morgan fingerprint density at radius 2 is 1.60 bits per heavy atom. The fraction of sp³-hybridized carbons (Fsp3) is 0.667. The molecule has 1 aromatic carbocycles. The normalized spacial score (nSPS) is 19.5. The highest BCUT2D eigenvalue weighted by atomic mass is 32.2. The van der Waals surface area contributed by atoms with Crippen LogP contribution in [0.4, 0.5) is 4.79 Å². The first-order chi connectivity index (χ1) is 14.4. The van der Waals surface area contributed by atoms with Crippen LogP contribution in [0.25, 0.3) is 0 Å². The van der Waals surface area contributed by atoms with E-state index in [1.165, 1.54) is 24.2 Å². The molecule has 5 nitrogen and oxygen atoms in total. The third kappa shape index (κ3) is 6.66. The van der Waals surface area contributed by atoms with E-state index in [2.05, 4.69) is 48.7 Å². The molecule has 166 valence electrons. The van der Waals surface area contributed by atoms with Crippen LogP contribution in [0.1, 0.15) is 77.3 Å². The molecule has 3 amide bonds. The molecule has 2 fully saturated rings. The molecular formula is C24H37N3O2S. The first-order valence-electron chi connectivity index (χ1n) is 11.5. The van der Waals surface area contributed by atoms with Crippen LogP contribution in [0.5, 0.6) is 0 Å². The lowest BCUT2D eigenvalue weighted by atomic mass is 9.87. The zero-order valence-corrected chi connectivity index (χ0v) is 19.5. The van der Waals surface area contributed by atoms with Crippen molar-refractivity contribution in [3.63, 3.8) is 0 Å². The zero-order chi connectivity index (χ0) is 21.5. The van der Waals surface area contributed by atoms with Crippen molar-refractivity contribution >= 4 is 23.7 Å². The van der Waals surface area contributed by atoms with Crippen LogP contribution in [-0.4, -0.2) is 41.2 Å². The number of nitrogens with zero attached hydrogens (tertiary/aromatic N) is 1. The van der Waals surface area contributed by atoms with Crippen molar-refractivity contribution in [2.75, 3.05) is 13.1 Å². The summed E-state index contributed by atoms with van der Waals surface area (Å²) in [5, 5.41) is 6.71. The Morgan fingerprint density at radius 1 is 0.967 bits per heavy atom. The Hall–Kier alpha value is -1.69. The number of hydrogen-bond donors (Lipinski definition) is 2. The number of piperidine rings is 1. The first-order valence-corrected chi connectivity index (χ1v) is 12.4. The minimum absolute atomic E-state index is 0.0453. The van der Waals surface area contributed by atoms with Gasteiger partial charge in [-0.25, -0.2) is 4.79 Å². The summed E-state index contributed by atoms with van der Waals surface area (Å²) in [5.74, 6) is 0.572. The maximum Gasteiger partial charge on any atom is 0.315 e. The molecule has 1 aliphatic heterocycles. The molecule has 1 unspecified atom stereocenters. The predicted molar refractivity (Wildman–Crippen MR) is 124 cm³/mol. The van der Waals surface area contributed by atoms with Gasteiger partial charge in [-0.1, -0.05) is 45.2 Å². The number of amides is 3. The lowest BCUT2D eigenvalue weighted by Gasteiger charge is -2.35. The van der Waals surface area contributed by atoms with Gasteiger partial charge in [-0.2, -0.15) is 0 Å². The summed E-state index contributed by atoms with van der Waals surface area (Å²) >= 11 is 1.84. The van der Waals surface area contributed by atoms with Crippen LogP contribution < -0.4 is 10.6 Å². The Morgan fingerprint density at radius 3 is 2.20 bits per heavy atom. The predicted octanol–water partition coefficient (Wildman–Crippen LogP) is 5.12. The molecule has 2 aliphatic rings. The van der Waals surface area contributed by atoms with Gasteiger partial charge < -0.3 is 15.5 Å². The molecule has 2 N–H and O–H groups in total. The van der Waals surface area contributed by atoms with Crippen LogP contribution in [0.15, 0.2) is 29.2 Å². The van der Waals surface area contributed by atoms with Gasteiger partial charge in [-0.3, -0.25) is 4.79 Å². The van der Waals surface area contributed by atoms with E-state index < -0.39 is 0 Å². The van der Waals surface area contributed by atoms with E-state index in [0.717, 1.165) is 44.3 Å². The Bertz CT molecular complexity index is 693. The molecule has 0 radical (unpaired) electrons. The van der Waals surface area contributed by atoms with Crippen molar-refractivity contribution in [2.24, 2.45) is 5.92 Å². The van der Waals surface area contributed by atoms with Gasteiger partial charge in [-0.05, 0) is 50.3 Å². The Labute approximate surface area is 185 Å². The summed E-state index contributed by atoms with van der Waals surface area (Å²) in [6.45, 7) is 7.89. The average Bonchev–Trinajstić information content (AvgIpc) is 2.74. The molecule has 1 aromatic rings. The van der Waals surface area contributed by atoms with Crippen molar-refractivity contribution in [3.8, 4) is 0 Å². The minimum Gasteiger partial charge on any atom is -0.342 e. The maximum atomic E-state index is 12.7. The molecule has 30 heavy (non-hydrogen) atoms.